The Morgan fingerprint density at radius 3 is 2.63 bits per heavy atom. The average molecular weight is 421 g/mol. The van der Waals surface area contributed by atoms with Crippen LogP contribution in [0.1, 0.15) is 36.0 Å². The van der Waals surface area contributed by atoms with Crippen LogP contribution in [0, 0.1) is 19.8 Å². The second-order valence-corrected chi connectivity index (χ2v) is 10.5. The minimum Gasteiger partial charge on any atom is -0.363 e. The van der Waals surface area contributed by atoms with Crippen molar-refractivity contribution in [1.29, 1.82) is 0 Å². The van der Waals surface area contributed by atoms with Crippen molar-refractivity contribution in [2.45, 2.75) is 49.5 Å². The SMILES string of the molecule is CNc1nnc(Sc2nc(CN3CCC(C)CC3)nc3sc(C)c(C)c23)s1. The van der Waals surface area contributed by atoms with E-state index in [1.54, 1.807) is 34.4 Å². The van der Waals surface area contributed by atoms with E-state index >= 15 is 0 Å². The molecule has 0 spiro atoms. The van der Waals surface area contributed by atoms with E-state index in [1.807, 2.05) is 7.05 Å². The Hall–Kier alpha value is -1.29. The first-order chi connectivity index (χ1) is 13.0. The third-order valence-corrected chi connectivity index (χ3v) is 8.17. The topological polar surface area (TPSA) is 66.8 Å². The Morgan fingerprint density at radius 1 is 1.15 bits per heavy atom. The maximum Gasteiger partial charge on any atom is 0.206 e. The van der Waals surface area contributed by atoms with Crippen LogP contribution >= 0.6 is 34.4 Å². The average Bonchev–Trinajstić information content (AvgIpc) is 3.21. The van der Waals surface area contributed by atoms with Crippen LogP contribution < -0.4 is 5.32 Å². The summed E-state index contributed by atoms with van der Waals surface area (Å²) in [6.45, 7) is 9.75. The second-order valence-electron chi connectivity index (χ2n) is 7.09. The maximum absolute atomic E-state index is 4.95. The fourth-order valence-corrected chi connectivity index (χ4v) is 6.19. The summed E-state index contributed by atoms with van der Waals surface area (Å²) in [5.74, 6) is 1.75. The molecule has 4 rings (SSSR count). The van der Waals surface area contributed by atoms with Crippen molar-refractivity contribution in [3.8, 4) is 0 Å². The van der Waals surface area contributed by atoms with Gasteiger partial charge in [0.2, 0.25) is 5.13 Å². The number of fused-ring (bicyclic) bond motifs is 1. The first-order valence-corrected chi connectivity index (χ1v) is 11.7. The van der Waals surface area contributed by atoms with Crippen LogP contribution in [-0.4, -0.2) is 45.2 Å². The molecule has 0 aliphatic carbocycles. The number of thiophene rings is 1. The fraction of sp³-hybridized carbons (Fsp3) is 0.556. The molecule has 3 aromatic rings. The van der Waals surface area contributed by atoms with Gasteiger partial charge >= 0.3 is 0 Å². The van der Waals surface area contributed by atoms with Crippen molar-refractivity contribution in [2.75, 3.05) is 25.5 Å². The van der Waals surface area contributed by atoms with Gasteiger partial charge in [-0.25, -0.2) is 9.97 Å². The Kier molecular flexibility index (Phi) is 5.63. The molecule has 0 aromatic carbocycles. The number of hydrogen-bond acceptors (Lipinski definition) is 9. The van der Waals surface area contributed by atoms with Gasteiger partial charge in [0.15, 0.2) is 4.34 Å². The van der Waals surface area contributed by atoms with Crippen molar-refractivity contribution >= 4 is 49.8 Å². The van der Waals surface area contributed by atoms with Crippen LogP contribution in [-0.2, 0) is 6.54 Å². The largest absolute Gasteiger partial charge is 0.363 e. The zero-order valence-corrected chi connectivity index (χ0v) is 18.5. The molecule has 1 aliphatic rings. The molecule has 0 unspecified atom stereocenters. The first-order valence-electron chi connectivity index (χ1n) is 9.21. The monoisotopic (exact) mass is 420 g/mol. The van der Waals surface area contributed by atoms with Gasteiger partial charge in [0.05, 0.1) is 6.54 Å². The lowest BCUT2D eigenvalue weighted by Gasteiger charge is -2.29. The molecule has 27 heavy (non-hydrogen) atoms. The van der Waals surface area contributed by atoms with Gasteiger partial charge in [0, 0.05) is 17.3 Å². The summed E-state index contributed by atoms with van der Waals surface area (Å²) in [5, 5.41) is 14.5. The Balaban J connectivity index is 1.66. The minimum absolute atomic E-state index is 0.823. The molecule has 0 radical (unpaired) electrons. The lowest BCUT2D eigenvalue weighted by atomic mass is 9.99. The summed E-state index contributed by atoms with van der Waals surface area (Å²) in [6, 6.07) is 0. The van der Waals surface area contributed by atoms with Gasteiger partial charge < -0.3 is 5.32 Å². The van der Waals surface area contributed by atoms with E-state index in [0.717, 1.165) is 50.7 Å². The molecule has 144 valence electrons. The Morgan fingerprint density at radius 2 is 1.93 bits per heavy atom. The first kappa shape index (κ1) is 19.0. The molecule has 9 heteroatoms. The van der Waals surface area contributed by atoms with Crippen LogP contribution in [0.15, 0.2) is 9.37 Å². The molecule has 1 aliphatic heterocycles. The molecule has 1 fully saturated rings. The van der Waals surface area contributed by atoms with Crippen LogP contribution in [0.4, 0.5) is 5.13 Å². The van der Waals surface area contributed by atoms with Crippen LogP contribution in [0.3, 0.4) is 0 Å². The quantitative estimate of drug-likeness (QED) is 0.606. The highest BCUT2D eigenvalue weighted by Crippen LogP contribution is 2.39. The highest BCUT2D eigenvalue weighted by molar-refractivity contribution is 8.01. The lowest BCUT2D eigenvalue weighted by molar-refractivity contribution is 0.181. The Bertz CT molecular complexity index is 942. The molecule has 1 N–H and O–H groups in total. The van der Waals surface area contributed by atoms with Gasteiger partial charge in [-0.3, -0.25) is 4.90 Å². The summed E-state index contributed by atoms with van der Waals surface area (Å²) in [5.41, 5.74) is 1.27. The molecule has 4 heterocycles. The van der Waals surface area contributed by atoms with Crippen molar-refractivity contribution in [3.63, 3.8) is 0 Å². The third kappa shape index (κ3) is 4.11. The molecule has 0 amide bonds. The van der Waals surface area contributed by atoms with Crippen molar-refractivity contribution in [1.82, 2.24) is 25.1 Å². The summed E-state index contributed by atoms with van der Waals surface area (Å²) in [7, 11) is 1.86. The van der Waals surface area contributed by atoms with Gasteiger partial charge in [-0.1, -0.05) is 18.3 Å². The van der Waals surface area contributed by atoms with Crippen LogP contribution in [0.5, 0.6) is 0 Å². The predicted molar refractivity (Wildman–Crippen MR) is 114 cm³/mol. The smallest absolute Gasteiger partial charge is 0.206 e. The summed E-state index contributed by atoms with van der Waals surface area (Å²) < 4.78 is 0.903. The van der Waals surface area contributed by atoms with Crippen molar-refractivity contribution < 1.29 is 0 Å². The van der Waals surface area contributed by atoms with Crippen LogP contribution in [0.25, 0.3) is 10.2 Å². The van der Waals surface area contributed by atoms with Crippen molar-refractivity contribution in [3.05, 3.63) is 16.3 Å². The van der Waals surface area contributed by atoms with Crippen molar-refractivity contribution in [2.24, 2.45) is 5.92 Å². The number of anilines is 1. The van der Waals surface area contributed by atoms with Gasteiger partial charge in [-0.05, 0) is 63.0 Å². The number of aryl methyl sites for hydroxylation is 2. The number of rotatable bonds is 5. The standard InChI is InChI=1S/C18H24N6S3/c1-10-5-7-24(8-6-10)9-13-20-15-14(11(2)12(3)25-15)16(21-13)26-18-23-22-17(19-4)27-18/h10H,5-9H2,1-4H3,(H,19,22). The lowest BCUT2D eigenvalue weighted by Crippen LogP contribution is -2.32. The number of hydrogen-bond donors (Lipinski definition) is 1. The zero-order valence-electron chi connectivity index (χ0n) is 16.1. The minimum atomic E-state index is 0.823. The van der Waals surface area contributed by atoms with E-state index in [2.05, 4.69) is 41.2 Å². The molecule has 3 aromatic heterocycles. The summed E-state index contributed by atoms with van der Waals surface area (Å²) in [4.78, 5) is 14.7. The van der Waals surface area contributed by atoms with Gasteiger partial charge in [0.1, 0.15) is 15.7 Å². The van der Waals surface area contributed by atoms with E-state index in [-0.39, 0.29) is 0 Å². The van der Waals surface area contributed by atoms with E-state index in [9.17, 15) is 0 Å². The molecular formula is C18H24N6S3. The maximum atomic E-state index is 4.95. The second kappa shape index (κ2) is 7.98. The van der Waals surface area contributed by atoms with E-state index in [1.165, 1.54) is 28.7 Å². The summed E-state index contributed by atoms with van der Waals surface area (Å²) >= 11 is 4.91. The molecule has 0 atom stereocenters. The van der Waals surface area contributed by atoms with E-state index in [4.69, 9.17) is 9.97 Å². The van der Waals surface area contributed by atoms with E-state index in [0.29, 0.717) is 0 Å². The normalized spacial score (nSPS) is 16.3. The molecule has 0 bridgehead atoms. The van der Waals surface area contributed by atoms with Gasteiger partial charge in [0.25, 0.3) is 0 Å². The predicted octanol–water partition coefficient (Wildman–Crippen LogP) is 4.58. The number of piperidine rings is 1. The molecule has 1 saturated heterocycles. The number of nitrogens with zero attached hydrogens (tertiary/aromatic N) is 5. The highest BCUT2D eigenvalue weighted by atomic mass is 32.2. The molecular weight excluding hydrogens is 396 g/mol. The zero-order chi connectivity index (χ0) is 19.0. The van der Waals surface area contributed by atoms with Crippen LogP contribution in [0.2, 0.25) is 0 Å². The number of likely N-dealkylation sites (tertiary alicyclic amines) is 1. The fourth-order valence-electron chi connectivity index (χ4n) is 3.25. The highest BCUT2D eigenvalue weighted by Gasteiger charge is 2.20. The molecule has 6 nitrogen and oxygen atoms in total. The number of aromatic nitrogens is 4. The summed E-state index contributed by atoms with van der Waals surface area (Å²) in [6.07, 6.45) is 2.53. The number of nitrogens with one attached hydrogen (secondary N) is 1. The van der Waals surface area contributed by atoms with Gasteiger partial charge in [-0.15, -0.1) is 21.5 Å². The van der Waals surface area contributed by atoms with E-state index < -0.39 is 0 Å². The third-order valence-electron chi connectivity index (χ3n) is 5.09. The molecule has 0 saturated carbocycles. The van der Waals surface area contributed by atoms with Gasteiger partial charge in [-0.2, -0.15) is 0 Å². The Labute approximate surface area is 171 Å².